The zero-order chi connectivity index (χ0) is 12.1. The summed E-state index contributed by atoms with van der Waals surface area (Å²) in [5.74, 6) is 0.551. The molecular formula is C13H19BrClN. The minimum absolute atomic E-state index is 0.551. The van der Waals surface area contributed by atoms with Crippen molar-refractivity contribution in [1.82, 2.24) is 0 Å². The van der Waals surface area contributed by atoms with Crippen LogP contribution in [0.15, 0.2) is 22.7 Å². The summed E-state index contributed by atoms with van der Waals surface area (Å²) < 4.78 is 1.09. The van der Waals surface area contributed by atoms with Gasteiger partial charge in [0.15, 0.2) is 0 Å². The van der Waals surface area contributed by atoms with Crippen LogP contribution in [0.1, 0.15) is 32.3 Å². The molecule has 1 aromatic carbocycles. The van der Waals surface area contributed by atoms with Gasteiger partial charge in [-0.15, -0.1) is 11.6 Å². The Morgan fingerprint density at radius 3 is 2.62 bits per heavy atom. The van der Waals surface area contributed by atoms with Crippen LogP contribution in [0.25, 0.3) is 0 Å². The molecule has 0 aliphatic heterocycles. The van der Waals surface area contributed by atoms with Crippen LogP contribution in [0.4, 0.5) is 5.69 Å². The molecule has 1 aromatic rings. The number of nitrogens with zero attached hydrogens (tertiary/aromatic N) is 1. The molecule has 0 heterocycles. The third kappa shape index (κ3) is 3.39. The summed E-state index contributed by atoms with van der Waals surface area (Å²) in [4.78, 5) is 2.31. The first-order valence-electron chi connectivity index (χ1n) is 5.67. The fraction of sp³-hybridized carbons (Fsp3) is 0.538. The lowest BCUT2D eigenvalue weighted by atomic mass is 10.1. The Labute approximate surface area is 112 Å². The van der Waals surface area contributed by atoms with Crippen molar-refractivity contribution in [2.45, 2.75) is 38.6 Å². The van der Waals surface area contributed by atoms with Gasteiger partial charge in [0.1, 0.15) is 0 Å². The van der Waals surface area contributed by atoms with Crippen molar-refractivity contribution in [2.75, 3.05) is 11.9 Å². The molecule has 0 aromatic heterocycles. The van der Waals surface area contributed by atoms with E-state index in [2.05, 4.69) is 59.9 Å². The van der Waals surface area contributed by atoms with Crippen LogP contribution in [0.5, 0.6) is 0 Å². The predicted molar refractivity (Wildman–Crippen MR) is 76.5 cm³/mol. The quantitative estimate of drug-likeness (QED) is 0.705. The molecule has 0 saturated carbocycles. The molecule has 1 nitrogen and oxygen atoms in total. The van der Waals surface area contributed by atoms with Crippen LogP contribution in [-0.4, -0.2) is 13.1 Å². The van der Waals surface area contributed by atoms with Gasteiger partial charge in [-0.25, -0.2) is 0 Å². The van der Waals surface area contributed by atoms with Crippen LogP contribution in [0.3, 0.4) is 0 Å². The molecule has 0 amide bonds. The summed E-state index contributed by atoms with van der Waals surface area (Å²) >= 11 is 9.39. The monoisotopic (exact) mass is 303 g/mol. The number of hydrogen-bond acceptors (Lipinski definition) is 1. The molecule has 0 spiro atoms. The molecule has 0 aliphatic carbocycles. The fourth-order valence-corrected chi connectivity index (χ4v) is 2.63. The van der Waals surface area contributed by atoms with Crippen molar-refractivity contribution in [1.29, 1.82) is 0 Å². The summed E-state index contributed by atoms with van der Waals surface area (Å²) in [6.45, 7) is 4.48. The third-order valence-corrected chi connectivity index (χ3v) is 3.98. The first-order valence-corrected chi connectivity index (χ1v) is 7.00. The molecular weight excluding hydrogens is 286 g/mol. The van der Waals surface area contributed by atoms with Gasteiger partial charge in [-0.1, -0.05) is 35.3 Å². The molecule has 1 unspecified atom stereocenters. The molecule has 90 valence electrons. The largest absolute Gasteiger partial charge is 0.372 e. The van der Waals surface area contributed by atoms with Crippen LogP contribution >= 0.6 is 27.5 Å². The highest BCUT2D eigenvalue weighted by molar-refractivity contribution is 9.10. The van der Waals surface area contributed by atoms with Crippen molar-refractivity contribution < 1.29 is 0 Å². The second kappa shape index (κ2) is 6.51. The van der Waals surface area contributed by atoms with E-state index in [9.17, 15) is 0 Å². The van der Waals surface area contributed by atoms with Gasteiger partial charge in [-0.05, 0) is 31.0 Å². The number of hydrogen-bond donors (Lipinski definition) is 0. The van der Waals surface area contributed by atoms with Crippen LogP contribution in [-0.2, 0) is 5.88 Å². The first kappa shape index (κ1) is 13.9. The van der Waals surface area contributed by atoms with Gasteiger partial charge in [-0.2, -0.15) is 0 Å². The Bertz CT molecular complexity index is 341. The molecule has 3 heteroatoms. The highest BCUT2D eigenvalue weighted by Crippen LogP contribution is 2.26. The Balaban J connectivity index is 2.84. The summed E-state index contributed by atoms with van der Waals surface area (Å²) in [6, 6.07) is 6.93. The van der Waals surface area contributed by atoms with E-state index >= 15 is 0 Å². The van der Waals surface area contributed by atoms with Crippen molar-refractivity contribution in [3.8, 4) is 0 Å². The van der Waals surface area contributed by atoms with Crippen LogP contribution in [0, 0.1) is 0 Å². The Morgan fingerprint density at radius 1 is 1.44 bits per heavy atom. The lowest BCUT2D eigenvalue weighted by Gasteiger charge is -2.27. The summed E-state index contributed by atoms with van der Waals surface area (Å²) in [6.07, 6.45) is 2.43. The highest BCUT2D eigenvalue weighted by Gasteiger charge is 2.10. The molecule has 1 rings (SSSR count). The lowest BCUT2D eigenvalue weighted by molar-refractivity contribution is 0.616. The van der Waals surface area contributed by atoms with Crippen LogP contribution in [0.2, 0.25) is 0 Å². The van der Waals surface area contributed by atoms with Crippen molar-refractivity contribution in [3.05, 3.63) is 28.2 Å². The zero-order valence-corrected chi connectivity index (χ0v) is 12.5. The minimum Gasteiger partial charge on any atom is -0.372 e. The van der Waals surface area contributed by atoms with Crippen molar-refractivity contribution >= 4 is 33.2 Å². The fourth-order valence-electron chi connectivity index (χ4n) is 1.73. The Kier molecular flexibility index (Phi) is 5.63. The molecule has 0 aliphatic rings. The standard InChI is InChI=1S/C13H19BrClN/c1-4-5-10(2)16(3)12-7-6-11(9-15)13(14)8-12/h6-8,10H,4-5,9H2,1-3H3. The lowest BCUT2D eigenvalue weighted by Crippen LogP contribution is -2.28. The predicted octanol–water partition coefficient (Wildman–Crippen LogP) is 4.81. The molecule has 0 saturated heterocycles. The Morgan fingerprint density at radius 2 is 2.12 bits per heavy atom. The topological polar surface area (TPSA) is 3.24 Å². The number of alkyl halides is 1. The number of benzene rings is 1. The molecule has 0 N–H and O–H groups in total. The maximum Gasteiger partial charge on any atom is 0.0485 e. The second-order valence-electron chi connectivity index (χ2n) is 4.16. The van der Waals surface area contributed by atoms with Crippen molar-refractivity contribution in [3.63, 3.8) is 0 Å². The average Bonchev–Trinajstić information content (AvgIpc) is 2.28. The smallest absolute Gasteiger partial charge is 0.0485 e. The van der Waals surface area contributed by atoms with Gasteiger partial charge >= 0.3 is 0 Å². The van der Waals surface area contributed by atoms with E-state index in [1.165, 1.54) is 18.5 Å². The van der Waals surface area contributed by atoms with E-state index in [1.54, 1.807) is 0 Å². The van der Waals surface area contributed by atoms with Gasteiger partial charge in [0, 0.05) is 29.1 Å². The van der Waals surface area contributed by atoms with E-state index in [-0.39, 0.29) is 0 Å². The van der Waals surface area contributed by atoms with E-state index < -0.39 is 0 Å². The zero-order valence-electron chi connectivity index (χ0n) is 10.1. The third-order valence-electron chi connectivity index (χ3n) is 2.96. The first-order chi connectivity index (χ1) is 7.60. The highest BCUT2D eigenvalue weighted by atomic mass is 79.9. The second-order valence-corrected chi connectivity index (χ2v) is 5.28. The molecule has 1 atom stereocenters. The maximum absolute atomic E-state index is 5.83. The minimum atomic E-state index is 0.551. The number of halogens is 2. The normalized spacial score (nSPS) is 12.6. The summed E-state index contributed by atoms with van der Waals surface area (Å²) in [7, 11) is 2.14. The van der Waals surface area contributed by atoms with Gasteiger partial charge in [0.25, 0.3) is 0 Å². The van der Waals surface area contributed by atoms with E-state index in [0.29, 0.717) is 11.9 Å². The van der Waals surface area contributed by atoms with Crippen molar-refractivity contribution in [2.24, 2.45) is 0 Å². The number of anilines is 1. The van der Waals surface area contributed by atoms with E-state index in [0.717, 1.165) is 10.0 Å². The SMILES string of the molecule is CCCC(C)N(C)c1ccc(CCl)c(Br)c1. The van der Waals surface area contributed by atoms with Gasteiger partial charge < -0.3 is 4.90 Å². The van der Waals surface area contributed by atoms with E-state index in [1.807, 2.05) is 0 Å². The molecule has 0 bridgehead atoms. The maximum atomic E-state index is 5.83. The van der Waals surface area contributed by atoms with Gasteiger partial charge in [-0.3, -0.25) is 0 Å². The number of rotatable bonds is 5. The molecule has 16 heavy (non-hydrogen) atoms. The van der Waals surface area contributed by atoms with Gasteiger partial charge in [0.2, 0.25) is 0 Å². The Hall–Kier alpha value is -0.210. The van der Waals surface area contributed by atoms with E-state index in [4.69, 9.17) is 11.6 Å². The molecule has 0 fully saturated rings. The molecule has 0 radical (unpaired) electrons. The van der Waals surface area contributed by atoms with Gasteiger partial charge in [0.05, 0.1) is 0 Å². The summed E-state index contributed by atoms with van der Waals surface area (Å²) in [5.41, 5.74) is 2.38. The average molecular weight is 305 g/mol. The van der Waals surface area contributed by atoms with Crippen LogP contribution < -0.4 is 4.90 Å². The summed E-state index contributed by atoms with van der Waals surface area (Å²) in [5, 5.41) is 0.